The fourth-order valence-corrected chi connectivity index (χ4v) is 2.87. The normalized spacial score (nSPS) is 15.2. The number of anilines is 2. The van der Waals surface area contributed by atoms with Gasteiger partial charge < -0.3 is 15.7 Å². The maximum Gasteiger partial charge on any atom is 0.201 e. The summed E-state index contributed by atoms with van der Waals surface area (Å²) >= 11 is 0. The van der Waals surface area contributed by atoms with Crippen LogP contribution in [-0.2, 0) is 6.54 Å². The second-order valence-electron chi connectivity index (χ2n) is 6.62. The van der Waals surface area contributed by atoms with E-state index in [0.717, 1.165) is 36.5 Å². The van der Waals surface area contributed by atoms with E-state index in [1.165, 1.54) is 0 Å². The Bertz CT molecular complexity index is 872. The molecule has 0 aliphatic heterocycles. The van der Waals surface area contributed by atoms with Gasteiger partial charge >= 0.3 is 0 Å². The summed E-state index contributed by atoms with van der Waals surface area (Å²) in [6.45, 7) is 2.68. The summed E-state index contributed by atoms with van der Waals surface area (Å²) in [5, 5.41) is 29.5. The summed E-state index contributed by atoms with van der Waals surface area (Å²) in [5.74, 6) is 2.04. The number of nitrogens with zero attached hydrogens (tertiary/aromatic N) is 5. The topological polar surface area (TPSA) is 100 Å². The Morgan fingerprint density at radius 2 is 2.19 bits per heavy atom. The van der Waals surface area contributed by atoms with Gasteiger partial charge in [-0.2, -0.15) is 4.52 Å². The highest BCUT2D eigenvalue weighted by Crippen LogP contribution is 2.39. The van der Waals surface area contributed by atoms with Crippen molar-refractivity contribution in [1.29, 1.82) is 0 Å². The standard InChI is InChI=1S/C18H23N7O/c1-2-13(11-26)21-16-9-15(20-10-14-5-3-4-8-19-14)18-23-22-17(12-6-7-12)25(18)24-16/h3-5,8-9,12-13,20,26H,2,6-7,10-11H2,1H3,(H,21,24)/t13-/m1/s1. The van der Waals surface area contributed by atoms with Crippen molar-refractivity contribution in [2.24, 2.45) is 0 Å². The van der Waals surface area contributed by atoms with Crippen molar-refractivity contribution in [3.8, 4) is 0 Å². The van der Waals surface area contributed by atoms with Crippen LogP contribution in [0, 0.1) is 0 Å². The molecule has 26 heavy (non-hydrogen) atoms. The van der Waals surface area contributed by atoms with E-state index in [1.54, 1.807) is 6.20 Å². The van der Waals surface area contributed by atoms with Gasteiger partial charge in [-0.1, -0.05) is 13.0 Å². The molecular formula is C18H23N7O. The minimum atomic E-state index is -0.0376. The Morgan fingerprint density at radius 3 is 2.88 bits per heavy atom. The molecule has 0 unspecified atom stereocenters. The fourth-order valence-electron chi connectivity index (χ4n) is 2.87. The molecule has 1 aliphatic carbocycles. The van der Waals surface area contributed by atoms with Crippen LogP contribution in [0.15, 0.2) is 30.5 Å². The molecular weight excluding hydrogens is 330 g/mol. The van der Waals surface area contributed by atoms with Gasteiger partial charge in [0.25, 0.3) is 0 Å². The van der Waals surface area contributed by atoms with E-state index in [-0.39, 0.29) is 12.6 Å². The van der Waals surface area contributed by atoms with Crippen molar-refractivity contribution in [1.82, 2.24) is 24.8 Å². The van der Waals surface area contributed by atoms with Gasteiger partial charge in [0, 0.05) is 18.2 Å². The highest BCUT2D eigenvalue weighted by molar-refractivity contribution is 5.70. The fraction of sp³-hybridized carbons (Fsp3) is 0.444. The molecule has 3 aromatic rings. The van der Waals surface area contributed by atoms with E-state index < -0.39 is 0 Å². The maximum absolute atomic E-state index is 9.49. The molecule has 1 fully saturated rings. The van der Waals surface area contributed by atoms with Gasteiger partial charge in [-0.3, -0.25) is 4.98 Å². The van der Waals surface area contributed by atoms with E-state index in [9.17, 15) is 5.11 Å². The number of nitrogens with one attached hydrogen (secondary N) is 2. The van der Waals surface area contributed by atoms with Crippen molar-refractivity contribution < 1.29 is 5.11 Å². The lowest BCUT2D eigenvalue weighted by molar-refractivity contribution is 0.271. The third-order valence-corrected chi connectivity index (χ3v) is 4.59. The maximum atomic E-state index is 9.49. The molecule has 0 bridgehead atoms. The second kappa shape index (κ2) is 7.25. The lowest BCUT2D eigenvalue weighted by Gasteiger charge is -2.16. The molecule has 0 amide bonds. The molecule has 1 atom stereocenters. The number of aromatic nitrogens is 5. The largest absolute Gasteiger partial charge is 0.394 e. The molecule has 1 saturated carbocycles. The summed E-state index contributed by atoms with van der Waals surface area (Å²) < 4.78 is 1.82. The van der Waals surface area contributed by atoms with Crippen molar-refractivity contribution in [3.63, 3.8) is 0 Å². The van der Waals surface area contributed by atoms with Crippen LogP contribution in [0.4, 0.5) is 11.5 Å². The number of hydrogen-bond donors (Lipinski definition) is 3. The van der Waals surface area contributed by atoms with Gasteiger partial charge in [-0.15, -0.1) is 15.3 Å². The highest BCUT2D eigenvalue weighted by Gasteiger charge is 2.30. The van der Waals surface area contributed by atoms with Gasteiger partial charge in [-0.25, -0.2) is 0 Å². The van der Waals surface area contributed by atoms with Crippen LogP contribution >= 0.6 is 0 Å². The molecule has 1 aliphatic rings. The Hall–Kier alpha value is -2.74. The van der Waals surface area contributed by atoms with E-state index >= 15 is 0 Å². The minimum Gasteiger partial charge on any atom is -0.394 e. The van der Waals surface area contributed by atoms with Crippen LogP contribution in [0.5, 0.6) is 0 Å². The smallest absolute Gasteiger partial charge is 0.201 e. The third kappa shape index (κ3) is 3.45. The zero-order chi connectivity index (χ0) is 17.9. The van der Waals surface area contributed by atoms with Crippen LogP contribution < -0.4 is 10.6 Å². The van der Waals surface area contributed by atoms with Crippen LogP contribution in [0.1, 0.15) is 43.6 Å². The molecule has 0 saturated heterocycles. The summed E-state index contributed by atoms with van der Waals surface area (Å²) in [4.78, 5) is 4.35. The number of fused-ring (bicyclic) bond motifs is 1. The molecule has 4 rings (SSSR count). The van der Waals surface area contributed by atoms with Gasteiger partial charge in [-0.05, 0) is 31.4 Å². The molecule has 3 aromatic heterocycles. The van der Waals surface area contributed by atoms with Gasteiger partial charge in [0.1, 0.15) is 5.82 Å². The predicted octanol–water partition coefficient (Wildman–Crippen LogP) is 2.19. The van der Waals surface area contributed by atoms with E-state index in [4.69, 9.17) is 0 Å². The quantitative estimate of drug-likeness (QED) is 0.571. The van der Waals surface area contributed by atoms with Gasteiger partial charge in [0.2, 0.25) is 5.65 Å². The summed E-state index contributed by atoms with van der Waals surface area (Å²) in [5.41, 5.74) is 2.51. The average Bonchev–Trinajstić information content (AvgIpc) is 3.44. The average molecular weight is 353 g/mol. The molecule has 3 N–H and O–H groups in total. The van der Waals surface area contributed by atoms with Crippen LogP contribution in [0.2, 0.25) is 0 Å². The first kappa shape index (κ1) is 16.7. The Balaban J connectivity index is 1.67. The van der Waals surface area contributed by atoms with Crippen LogP contribution in [-0.4, -0.2) is 42.6 Å². The number of aliphatic hydroxyl groups excluding tert-OH is 1. The number of pyridine rings is 1. The van der Waals surface area contributed by atoms with Gasteiger partial charge in [0.05, 0.1) is 30.6 Å². The summed E-state index contributed by atoms with van der Waals surface area (Å²) in [7, 11) is 0. The molecule has 0 radical (unpaired) electrons. The number of hydrogen-bond acceptors (Lipinski definition) is 7. The van der Waals surface area contributed by atoms with Crippen LogP contribution in [0.3, 0.4) is 0 Å². The number of aliphatic hydroxyl groups is 1. The second-order valence-corrected chi connectivity index (χ2v) is 6.62. The number of rotatable bonds is 8. The molecule has 136 valence electrons. The molecule has 8 heteroatoms. The predicted molar refractivity (Wildman–Crippen MR) is 99.1 cm³/mol. The van der Waals surface area contributed by atoms with Crippen molar-refractivity contribution in [2.45, 2.75) is 44.7 Å². The van der Waals surface area contributed by atoms with E-state index in [0.29, 0.717) is 23.9 Å². The zero-order valence-electron chi connectivity index (χ0n) is 14.8. The highest BCUT2D eigenvalue weighted by atomic mass is 16.3. The SMILES string of the molecule is CC[C@H](CO)Nc1cc(NCc2ccccn2)c2nnc(C3CC3)n2n1. The first-order valence-electron chi connectivity index (χ1n) is 9.06. The first-order chi connectivity index (χ1) is 12.8. The van der Waals surface area contributed by atoms with Crippen LogP contribution in [0.25, 0.3) is 5.65 Å². The van der Waals surface area contributed by atoms with Crippen molar-refractivity contribution in [2.75, 3.05) is 17.2 Å². The lowest BCUT2D eigenvalue weighted by Crippen LogP contribution is -2.24. The van der Waals surface area contributed by atoms with Gasteiger partial charge in [0.15, 0.2) is 5.82 Å². The molecule has 0 spiro atoms. The first-order valence-corrected chi connectivity index (χ1v) is 9.06. The minimum absolute atomic E-state index is 0.0376. The third-order valence-electron chi connectivity index (χ3n) is 4.59. The summed E-state index contributed by atoms with van der Waals surface area (Å²) in [6.07, 6.45) is 4.85. The van der Waals surface area contributed by atoms with E-state index in [2.05, 4.69) is 30.9 Å². The molecule has 3 heterocycles. The Morgan fingerprint density at radius 1 is 1.31 bits per heavy atom. The monoisotopic (exact) mass is 353 g/mol. The van der Waals surface area contributed by atoms with Crippen molar-refractivity contribution in [3.05, 3.63) is 42.0 Å². The Labute approximate surface area is 151 Å². The Kier molecular flexibility index (Phi) is 4.66. The zero-order valence-corrected chi connectivity index (χ0v) is 14.8. The van der Waals surface area contributed by atoms with Crippen molar-refractivity contribution >= 4 is 17.2 Å². The van der Waals surface area contributed by atoms with E-state index in [1.807, 2.05) is 35.7 Å². The molecule has 8 nitrogen and oxygen atoms in total. The summed E-state index contributed by atoms with van der Waals surface area (Å²) in [6, 6.07) is 7.72. The molecule has 0 aromatic carbocycles. The lowest BCUT2D eigenvalue weighted by atomic mass is 10.2.